The van der Waals surface area contributed by atoms with Gasteiger partial charge in [-0.1, -0.05) is 0 Å². The number of pyridine rings is 1. The van der Waals surface area contributed by atoms with Crippen LogP contribution in [0.4, 0.5) is 14.6 Å². The SMILES string of the molecule is COc1c(N)ncc(CN)c1C(F)F. The quantitative estimate of drug-likeness (QED) is 0.770. The van der Waals surface area contributed by atoms with Gasteiger partial charge in [0.25, 0.3) is 6.43 Å². The zero-order chi connectivity index (χ0) is 10.7. The average molecular weight is 203 g/mol. The monoisotopic (exact) mass is 203 g/mol. The van der Waals surface area contributed by atoms with Crippen molar-refractivity contribution in [2.24, 2.45) is 5.73 Å². The number of nitrogens with zero attached hydrogens (tertiary/aromatic N) is 1. The molecule has 0 amide bonds. The molecule has 1 aromatic heterocycles. The summed E-state index contributed by atoms with van der Waals surface area (Å²) >= 11 is 0. The van der Waals surface area contributed by atoms with E-state index in [0.29, 0.717) is 0 Å². The van der Waals surface area contributed by atoms with Crippen LogP contribution in [-0.2, 0) is 6.54 Å². The first kappa shape index (κ1) is 10.6. The number of anilines is 1. The van der Waals surface area contributed by atoms with Gasteiger partial charge in [0.05, 0.1) is 12.7 Å². The molecule has 0 aliphatic carbocycles. The summed E-state index contributed by atoms with van der Waals surface area (Å²) in [5, 5.41) is 0. The van der Waals surface area contributed by atoms with E-state index in [9.17, 15) is 8.78 Å². The maximum atomic E-state index is 12.6. The second kappa shape index (κ2) is 4.19. The fourth-order valence-electron chi connectivity index (χ4n) is 1.18. The lowest BCUT2D eigenvalue weighted by Crippen LogP contribution is -2.08. The van der Waals surface area contributed by atoms with E-state index in [1.54, 1.807) is 0 Å². The van der Waals surface area contributed by atoms with Crippen molar-refractivity contribution in [1.29, 1.82) is 0 Å². The number of alkyl halides is 2. The molecule has 1 heterocycles. The minimum absolute atomic E-state index is 0.0245. The van der Waals surface area contributed by atoms with Gasteiger partial charge in [-0.25, -0.2) is 13.8 Å². The first-order valence-corrected chi connectivity index (χ1v) is 3.91. The van der Waals surface area contributed by atoms with Crippen LogP contribution in [0.25, 0.3) is 0 Å². The minimum Gasteiger partial charge on any atom is -0.492 e. The lowest BCUT2D eigenvalue weighted by Gasteiger charge is -2.13. The molecular formula is C8H11F2N3O. The number of methoxy groups -OCH3 is 1. The lowest BCUT2D eigenvalue weighted by molar-refractivity contribution is 0.146. The molecule has 0 saturated heterocycles. The van der Waals surface area contributed by atoms with Crippen molar-refractivity contribution in [2.45, 2.75) is 13.0 Å². The summed E-state index contributed by atoms with van der Waals surface area (Å²) in [6, 6.07) is 0. The molecule has 4 N–H and O–H groups in total. The predicted molar refractivity (Wildman–Crippen MR) is 48.0 cm³/mol. The van der Waals surface area contributed by atoms with Gasteiger partial charge in [-0.3, -0.25) is 0 Å². The van der Waals surface area contributed by atoms with Gasteiger partial charge in [0, 0.05) is 12.7 Å². The molecule has 0 aliphatic heterocycles. The van der Waals surface area contributed by atoms with Crippen LogP contribution in [0, 0.1) is 0 Å². The molecule has 0 fully saturated rings. The van der Waals surface area contributed by atoms with Crippen LogP contribution >= 0.6 is 0 Å². The molecule has 14 heavy (non-hydrogen) atoms. The van der Waals surface area contributed by atoms with E-state index < -0.39 is 6.43 Å². The van der Waals surface area contributed by atoms with E-state index in [-0.39, 0.29) is 29.2 Å². The third-order valence-corrected chi connectivity index (χ3v) is 1.82. The molecule has 1 aromatic rings. The molecule has 4 nitrogen and oxygen atoms in total. The molecule has 0 atom stereocenters. The van der Waals surface area contributed by atoms with E-state index in [1.807, 2.05) is 0 Å². The number of hydrogen-bond donors (Lipinski definition) is 2. The number of rotatable bonds is 3. The molecular weight excluding hydrogens is 192 g/mol. The van der Waals surface area contributed by atoms with Gasteiger partial charge in [-0.05, 0) is 5.56 Å². The molecule has 0 saturated carbocycles. The minimum atomic E-state index is -2.67. The van der Waals surface area contributed by atoms with E-state index in [2.05, 4.69) is 4.98 Å². The first-order chi connectivity index (χ1) is 6.61. The van der Waals surface area contributed by atoms with Crippen LogP contribution in [0.2, 0.25) is 0 Å². The predicted octanol–water partition coefficient (Wildman–Crippen LogP) is 1.07. The van der Waals surface area contributed by atoms with Crippen molar-refractivity contribution >= 4 is 5.82 Å². The van der Waals surface area contributed by atoms with E-state index in [4.69, 9.17) is 16.2 Å². The molecule has 1 rings (SSSR count). The van der Waals surface area contributed by atoms with Gasteiger partial charge < -0.3 is 16.2 Å². The second-order valence-electron chi connectivity index (χ2n) is 2.62. The number of nitrogen functional groups attached to an aromatic ring is 1. The van der Waals surface area contributed by atoms with Gasteiger partial charge in [0.15, 0.2) is 11.6 Å². The maximum absolute atomic E-state index is 12.6. The highest BCUT2D eigenvalue weighted by Gasteiger charge is 2.21. The van der Waals surface area contributed by atoms with Gasteiger partial charge in [0.2, 0.25) is 0 Å². The molecule has 0 aliphatic rings. The molecule has 0 radical (unpaired) electrons. The normalized spacial score (nSPS) is 10.6. The van der Waals surface area contributed by atoms with Crippen LogP contribution < -0.4 is 16.2 Å². The molecule has 0 spiro atoms. The summed E-state index contributed by atoms with van der Waals surface area (Å²) in [6.07, 6.45) is -1.44. The summed E-state index contributed by atoms with van der Waals surface area (Å²) < 4.78 is 30.0. The molecule has 0 aromatic carbocycles. The zero-order valence-electron chi connectivity index (χ0n) is 7.63. The Morgan fingerprint density at radius 1 is 1.57 bits per heavy atom. The number of nitrogens with two attached hydrogens (primary N) is 2. The summed E-state index contributed by atoms with van der Waals surface area (Å²) in [4.78, 5) is 3.70. The van der Waals surface area contributed by atoms with Crippen molar-refractivity contribution in [3.63, 3.8) is 0 Å². The Labute approximate surface area is 79.9 Å². The van der Waals surface area contributed by atoms with Crippen molar-refractivity contribution in [2.75, 3.05) is 12.8 Å². The summed E-state index contributed by atoms with van der Waals surface area (Å²) in [5.74, 6) is -0.150. The van der Waals surface area contributed by atoms with Crippen molar-refractivity contribution in [3.05, 3.63) is 17.3 Å². The first-order valence-electron chi connectivity index (χ1n) is 3.91. The molecule has 78 valence electrons. The molecule has 0 bridgehead atoms. The Bertz CT molecular complexity index is 331. The van der Waals surface area contributed by atoms with E-state index >= 15 is 0 Å². The van der Waals surface area contributed by atoms with Gasteiger partial charge in [-0.15, -0.1) is 0 Å². The molecule has 6 heteroatoms. The Morgan fingerprint density at radius 3 is 2.64 bits per heavy atom. The van der Waals surface area contributed by atoms with Crippen LogP contribution in [0.5, 0.6) is 5.75 Å². The summed E-state index contributed by atoms with van der Waals surface area (Å²) in [5.41, 5.74) is 10.6. The largest absolute Gasteiger partial charge is 0.492 e. The van der Waals surface area contributed by atoms with Gasteiger partial charge >= 0.3 is 0 Å². The highest BCUT2D eigenvalue weighted by Crippen LogP contribution is 2.34. The van der Waals surface area contributed by atoms with Crippen LogP contribution in [0.3, 0.4) is 0 Å². The van der Waals surface area contributed by atoms with Gasteiger partial charge in [-0.2, -0.15) is 0 Å². The fourth-order valence-corrected chi connectivity index (χ4v) is 1.18. The number of halogens is 2. The van der Waals surface area contributed by atoms with Crippen molar-refractivity contribution in [1.82, 2.24) is 4.98 Å². The Morgan fingerprint density at radius 2 is 2.21 bits per heavy atom. The topological polar surface area (TPSA) is 74.2 Å². The number of aromatic nitrogens is 1. The second-order valence-corrected chi connectivity index (χ2v) is 2.62. The lowest BCUT2D eigenvalue weighted by atomic mass is 10.1. The Hall–Kier alpha value is -1.43. The van der Waals surface area contributed by atoms with E-state index in [1.165, 1.54) is 13.3 Å². The van der Waals surface area contributed by atoms with Crippen LogP contribution in [0.15, 0.2) is 6.20 Å². The summed E-state index contributed by atoms with van der Waals surface area (Å²) in [7, 11) is 1.26. The average Bonchev–Trinajstić information content (AvgIpc) is 2.17. The highest BCUT2D eigenvalue weighted by atomic mass is 19.3. The van der Waals surface area contributed by atoms with Crippen LogP contribution in [-0.4, -0.2) is 12.1 Å². The summed E-state index contributed by atoms with van der Waals surface area (Å²) in [6.45, 7) is -0.0245. The van der Waals surface area contributed by atoms with Crippen molar-refractivity contribution in [3.8, 4) is 5.75 Å². The smallest absolute Gasteiger partial charge is 0.267 e. The standard InChI is InChI=1S/C8H11F2N3O/c1-14-6-5(7(9)10)4(2-11)3-13-8(6)12/h3,7H,2,11H2,1H3,(H2,12,13). The van der Waals surface area contributed by atoms with Gasteiger partial charge in [0.1, 0.15) is 0 Å². The highest BCUT2D eigenvalue weighted by molar-refractivity contribution is 5.54. The van der Waals surface area contributed by atoms with Crippen molar-refractivity contribution < 1.29 is 13.5 Å². The zero-order valence-corrected chi connectivity index (χ0v) is 7.63. The Kier molecular flexibility index (Phi) is 3.19. The molecule has 0 unspecified atom stereocenters. The maximum Gasteiger partial charge on any atom is 0.267 e. The third-order valence-electron chi connectivity index (χ3n) is 1.82. The van der Waals surface area contributed by atoms with Crippen LogP contribution in [0.1, 0.15) is 17.6 Å². The number of ether oxygens (including phenoxy) is 1. The Balaban J connectivity index is 3.36. The third kappa shape index (κ3) is 1.74. The van der Waals surface area contributed by atoms with E-state index in [0.717, 1.165) is 0 Å². The fraction of sp³-hybridized carbons (Fsp3) is 0.375. The number of hydrogen-bond acceptors (Lipinski definition) is 4.